The molecule has 1 aromatic carbocycles. The molecule has 162 valence electrons. The summed E-state index contributed by atoms with van der Waals surface area (Å²) in [4.78, 5) is 0. The molecule has 4 rings (SSSR count). The van der Waals surface area contributed by atoms with Crippen LogP contribution in [0.1, 0.15) is 101 Å². The Morgan fingerprint density at radius 2 is 1.55 bits per heavy atom. The highest BCUT2D eigenvalue weighted by Crippen LogP contribution is 2.47. The van der Waals surface area contributed by atoms with E-state index in [1.807, 2.05) is 7.11 Å². The van der Waals surface area contributed by atoms with Crippen LogP contribution in [0.3, 0.4) is 0 Å². The Morgan fingerprint density at radius 3 is 2.38 bits per heavy atom. The lowest BCUT2D eigenvalue weighted by molar-refractivity contribution is -0.000899. The molecule has 0 heterocycles. The van der Waals surface area contributed by atoms with E-state index < -0.39 is 0 Å². The zero-order valence-corrected chi connectivity index (χ0v) is 19.1. The SMILES string of the molecule is CCCCCCCc1ccc2c(c1)CCC(C1CCC3CC(OC)CCC3C1)C2. The molecule has 0 aromatic heterocycles. The molecule has 2 saturated carbocycles. The molecule has 0 saturated heterocycles. The van der Waals surface area contributed by atoms with Gasteiger partial charge in [0.25, 0.3) is 0 Å². The minimum atomic E-state index is 0.551. The van der Waals surface area contributed by atoms with Gasteiger partial charge in [-0.3, -0.25) is 0 Å². The van der Waals surface area contributed by atoms with Crippen LogP contribution in [0.25, 0.3) is 0 Å². The van der Waals surface area contributed by atoms with Crippen LogP contribution < -0.4 is 0 Å². The molecular weight excluding hydrogens is 352 g/mol. The first kappa shape index (κ1) is 21.4. The topological polar surface area (TPSA) is 9.23 Å². The minimum Gasteiger partial charge on any atom is -0.381 e. The number of ether oxygens (including phenoxy) is 1. The van der Waals surface area contributed by atoms with Gasteiger partial charge in [-0.25, -0.2) is 0 Å². The largest absolute Gasteiger partial charge is 0.381 e. The second-order valence-corrected chi connectivity index (χ2v) is 10.5. The molecule has 3 aliphatic carbocycles. The van der Waals surface area contributed by atoms with E-state index in [2.05, 4.69) is 25.1 Å². The van der Waals surface area contributed by atoms with Crippen LogP contribution in [0.4, 0.5) is 0 Å². The molecule has 29 heavy (non-hydrogen) atoms. The molecule has 0 bridgehead atoms. The summed E-state index contributed by atoms with van der Waals surface area (Å²) in [5, 5.41) is 0. The van der Waals surface area contributed by atoms with E-state index in [1.54, 1.807) is 16.7 Å². The zero-order valence-electron chi connectivity index (χ0n) is 19.1. The first-order valence-corrected chi connectivity index (χ1v) is 12.9. The van der Waals surface area contributed by atoms with Crippen molar-refractivity contribution in [3.8, 4) is 0 Å². The molecule has 1 nitrogen and oxygen atoms in total. The lowest BCUT2D eigenvalue weighted by atomic mass is 9.62. The highest BCUT2D eigenvalue weighted by atomic mass is 16.5. The normalized spacial score (nSPS) is 31.9. The molecule has 0 N–H and O–H groups in total. The van der Waals surface area contributed by atoms with Crippen molar-refractivity contribution in [3.05, 3.63) is 34.9 Å². The Morgan fingerprint density at radius 1 is 0.793 bits per heavy atom. The highest BCUT2D eigenvalue weighted by Gasteiger charge is 2.38. The van der Waals surface area contributed by atoms with Gasteiger partial charge >= 0.3 is 0 Å². The van der Waals surface area contributed by atoms with Crippen molar-refractivity contribution in [2.45, 2.75) is 109 Å². The molecule has 2 fully saturated rings. The van der Waals surface area contributed by atoms with Crippen molar-refractivity contribution in [3.63, 3.8) is 0 Å². The van der Waals surface area contributed by atoms with Gasteiger partial charge in [-0.2, -0.15) is 0 Å². The van der Waals surface area contributed by atoms with Crippen LogP contribution in [-0.2, 0) is 24.0 Å². The van der Waals surface area contributed by atoms with Crippen LogP contribution in [-0.4, -0.2) is 13.2 Å². The third-order valence-corrected chi connectivity index (χ3v) is 8.71. The quantitative estimate of drug-likeness (QED) is 0.412. The van der Waals surface area contributed by atoms with E-state index in [1.165, 1.54) is 96.3 Å². The van der Waals surface area contributed by atoms with Gasteiger partial charge in [-0.05, 0) is 111 Å². The number of aryl methyl sites for hydroxylation is 2. The van der Waals surface area contributed by atoms with Gasteiger partial charge in [0.1, 0.15) is 0 Å². The summed E-state index contributed by atoms with van der Waals surface area (Å²) < 4.78 is 5.67. The Hall–Kier alpha value is -0.820. The standard InChI is InChI=1S/C28H44O/c1-3-4-5-6-7-8-21-9-10-23-18-24(12-11-22(23)17-21)25-13-14-27-20-28(29-2)16-15-26(27)19-25/h9-10,17,24-28H,3-8,11-16,18-20H2,1-2H3. The van der Waals surface area contributed by atoms with Crippen molar-refractivity contribution in [2.75, 3.05) is 7.11 Å². The number of hydrogen-bond donors (Lipinski definition) is 0. The maximum absolute atomic E-state index is 5.67. The van der Waals surface area contributed by atoms with E-state index >= 15 is 0 Å². The second kappa shape index (κ2) is 10.5. The summed E-state index contributed by atoms with van der Waals surface area (Å²) in [6.45, 7) is 2.30. The Kier molecular flexibility index (Phi) is 7.73. The predicted octanol–water partition coefficient (Wildman–Crippen LogP) is 7.54. The molecular formula is C28H44O. The van der Waals surface area contributed by atoms with Crippen LogP contribution in [0.15, 0.2) is 18.2 Å². The van der Waals surface area contributed by atoms with Crippen molar-refractivity contribution in [1.82, 2.24) is 0 Å². The molecule has 1 heteroatoms. The van der Waals surface area contributed by atoms with Gasteiger partial charge in [0.15, 0.2) is 0 Å². The summed E-state index contributed by atoms with van der Waals surface area (Å²) in [6.07, 6.45) is 21.4. The molecule has 5 atom stereocenters. The number of methoxy groups -OCH3 is 1. The molecule has 0 spiro atoms. The lowest BCUT2D eigenvalue weighted by Crippen LogP contribution is -2.36. The second-order valence-electron chi connectivity index (χ2n) is 10.5. The van der Waals surface area contributed by atoms with Gasteiger partial charge in [-0.1, -0.05) is 50.8 Å². The summed E-state index contributed by atoms with van der Waals surface area (Å²) in [5.74, 6) is 3.89. The summed E-state index contributed by atoms with van der Waals surface area (Å²) in [5.41, 5.74) is 4.96. The third kappa shape index (κ3) is 5.46. The number of benzene rings is 1. The van der Waals surface area contributed by atoms with Crippen LogP contribution >= 0.6 is 0 Å². The molecule has 0 amide bonds. The van der Waals surface area contributed by atoms with Crippen molar-refractivity contribution < 1.29 is 4.74 Å². The van der Waals surface area contributed by atoms with E-state index in [0.717, 1.165) is 23.7 Å². The van der Waals surface area contributed by atoms with Crippen LogP contribution in [0.5, 0.6) is 0 Å². The number of unbranched alkanes of at least 4 members (excludes halogenated alkanes) is 4. The third-order valence-electron chi connectivity index (χ3n) is 8.71. The molecule has 3 aliphatic rings. The molecule has 5 unspecified atom stereocenters. The Labute approximate surface area is 180 Å². The first-order valence-electron chi connectivity index (χ1n) is 12.9. The maximum Gasteiger partial charge on any atom is 0.0574 e. The fourth-order valence-corrected chi connectivity index (χ4v) is 6.85. The van der Waals surface area contributed by atoms with Crippen molar-refractivity contribution >= 4 is 0 Å². The van der Waals surface area contributed by atoms with Gasteiger partial charge < -0.3 is 4.74 Å². The predicted molar refractivity (Wildman–Crippen MR) is 123 cm³/mol. The maximum atomic E-state index is 5.67. The summed E-state index contributed by atoms with van der Waals surface area (Å²) >= 11 is 0. The van der Waals surface area contributed by atoms with Gasteiger partial charge in [0, 0.05) is 7.11 Å². The molecule has 0 radical (unpaired) electrons. The highest BCUT2D eigenvalue weighted by molar-refractivity contribution is 5.34. The first-order chi connectivity index (χ1) is 14.3. The van der Waals surface area contributed by atoms with Crippen molar-refractivity contribution in [2.24, 2.45) is 23.7 Å². The zero-order chi connectivity index (χ0) is 20.1. The minimum absolute atomic E-state index is 0.551. The van der Waals surface area contributed by atoms with E-state index in [-0.39, 0.29) is 0 Å². The molecule has 1 aromatic rings. The number of rotatable bonds is 8. The number of fused-ring (bicyclic) bond motifs is 2. The fraction of sp³-hybridized carbons (Fsp3) is 0.786. The van der Waals surface area contributed by atoms with Gasteiger partial charge in [-0.15, -0.1) is 0 Å². The van der Waals surface area contributed by atoms with Gasteiger partial charge in [0.05, 0.1) is 6.10 Å². The van der Waals surface area contributed by atoms with Crippen molar-refractivity contribution in [1.29, 1.82) is 0 Å². The van der Waals surface area contributed by atoms with Crippen LogP contribution in [0.2, 0.25) is 0 Å². The average molecular weight is 397 g/mol. The van der Waals surface area contributed by atoms with Crippen LogP contribution in [0, 0.1) is 23.7 Å². The lowest BCUT2D eigenvalue weighted by Gasteiger charge is -2.44. The summed E-state index contributed by atoms with van der Waals surface area (Å²) in [6, 6.07) is 7.51. The van der Waals surface area contributed by atoms with E-state index in [0.29, 0.717) is 6.10 Å². The Balaban J connectivity index is 1.28. The monoisotopic (exact) mass is 396 g/mol. The average Bonchev–Trinajstić information content (AvgIpc) is 2.77. The number of hydrogen-bond acceptors (Lipinski definition) is 1. The van der Waals surface area contributed by atoms with Gasteiger partial charge in [0.2, 0.25) is 0 Å². The van der Waals surface area contributed by atoms with E-state index in [9.17, 15) is 0 Å². The smallest absolute Gasteiger partial charge is 0.0574 e. The fourth-order valence-electron chi connectivity index (χ4n) is 6.85. The molecule has 0 aliphatic heterocycles. The summed E-state index contributed by atoms with van der Waals surface area (Å²) in [7, 11) is 1.91. The van der Waals surface area contributed by atoms with E-state index in [4.69, 9.17) is 4.74 Å². The Bertz CT molecular complexity index is 635.